The van der Waals surface area contributed by atoms with Gasteiger partial charge in [-0.3, -0.25) is 0 Å². The summed E-state index contributed by atoms with van der Waals surface area (Å²) in [6.45, 7) is 0.654. The number of nitrogens with two attached hydrogens (primary N) is 1. The van der Waals surface area contributed by atoms with Crippen molar-refractivity contribution < 1.29 is 0 Å². The predicted octanol–water partition coefficient (Wildman–Crippen LogP) is 0.822. The summed E-state index contributed by atoms with van der Waals surface area (Å²) in [7, 11) is 0. The average molecular weight is 103 g/mol. The molecule has 0 saturated heterocycles. The van der Waals surface area contributed by atoms with Crippen LogP contribution in [-0.2, 0) is 0 Å². The van der Waals surface area contributed by atoms with Crippen LogP contribution in [0.3, 0.4) is 0 Å². The predicted molar refractivity (Wildman–Crippen MR) is 31.7 cm³/mol. The molecule has 36 valence electrons. The van der Waals surface area contributed by atoms with Gasteiger partial charge in [0.2, 0.25) is 0 Å². The Bertz CT molecular complexity index is 36.8. The molecule has 0 aromatic carbocycles. The van der Waals surface area contributed by atoms with Gasteiger partial charge < -0.3 is 5.73 Å². The molecular formula is C4H9NS. The minimum atomic E-state index is 0.654. The fraction of sp³-hybridized carbons (Fsp3) is 0.500. The van der Waals surface area contributed by atoms with E-state index >= 15 is 0 Å². The van der Waals surface area contributed by atoms with Gasteiger partial charge in [-0.2, -0.15) is 0 Å². The lowest BCUT2D eigenvalue weighted by atomic mass is 10.7. The monoisotopic (exact) mass is 103 g/mol. The molecule has 2 heteroatoms. The lowest BCUT2D eigenvalue weighted by Gasteiger charge is -1.73. The lowest BCUT2D eigenvalue weighted by Crippen LogP contribution is -1.91. The third kappa shape index (κ3) is 4.05. The molecule has 0 bridgehead atoms. The molecule has 0 saturated carbocycles. The van der Waals surface area contributed by atoms with E-state index in [0.717, 1.165) is 0 Å². The third-order valence-corrected chi connectivity index (χ3v) is 0.833. The fourth-order valence-corrected chi connectivity index (χ4v) is 0.455. The van der Waals surface area contributed by atoms with E-state index in [1.165, 1.54) is 0 Å². The van der Waals surface area contributed by atoms with Crippen molar-refractivity contribution in [2.45, 2.75) is 0 Å². The van der Waals surface area contributed by atoms with E-state index in [4.69, 9.17) is 5.73 Å². The number of hydrogen-bond donors (Lipinski definition) is 1. The molecule has 0 aliphatic heterocycles. The Balaban J connectivity index is 2.73. The maximum atomic E-state index is 5.11. The first-order valence-corrected chi connectivity index (χ1v) is 3.08. The molecule has 0 spiro atoms. The van der Waals surface area contributed by atoms with Gasteiger partial charge >= 0.3 is 0 Å². The molecule has 0 unspecified atom stereocenters. The Labute approximate surface area is 42.6 Å². The van der Waals surface area contributed by atoms with Gasteiger partial charge in [-0.15, -0.1) is 11.8 Å². The van der Waals surface area contributed by atoms with Crippen LogP contribution in [0.1, 0.15) is 0 Å². The molecule has 0 heterocycles. The molecular weight excluding hydrogens is 94.1 g/mol. The summed E-state index contributed by atoms with van der Waals surface area (Å²) < 4.78 is 0. The van der Waals surface area contributed by atoms with Crippen molar-refractivity contribution in [3.05, 3.63) is 11.5 Å². The molecule has 0 aliphatic rings. The van der Waals surface area contributed by atoms with Gasteiger partial charge in [-0.25, -0.2) is 0 Å². The van der Waals surface area contributed by atoms with E-state index in [1.807, 2.05) is 17.7 Å². The molecule has 0 aliphatic carbocycles. The largest absolute Gasteiger partial charge is 0.327 e. The van der Waals surface area contributed by atoms with Gasteiger partial charge in [-0.05, 0) is 11.7 Å². The van der Waals surface area contributed by atoms with E-state index in [-0.39, 0.29) is 0 Å². The average Bonchev–Trinajstić information content (AvgIpc) is 1.61. The number of thioether (sulfide) groups is 1. The van der Waals surface area contributed by atoms with Crippen LogP contribution in [0.15, 0.2) is 11.5 Å². The summed E-state index contributed by atoms with van der Waals surface area (Å²) in [5, 5.41) is 1.97. The molecule has 0 rings (SSSR count). The highest BCUT2D eigenvalue weighted by atomic mass is 32.2. The molecule has 1 nitrogen and oxygen atoms in total. The highest BCUT2D eigenvalue weighted by Crippen LogP contribution is 1.89. The van der Waals surface area contributed by atoms with E-state index in [1.54, 1.807) is 11.8 Å². The minimum Gasteiger partial charge on any atom is -0.327 e. The normalized spacial score (nSPS) is 10.3. The molecule has 0 aromatic rings. The summed E-state index contributed by atoms with van der Waals surface area (Å²) in [5.41, 5.74) is 5.11. The first-order chi connectivity index (χ1) is 2.91. The van der Waals surface area contributed by atoms with E-state index in [9.17, 15) is 0 Å². The molecule has 0 aromatic heterocycles. The minimum absolute atomic E-state index is 0.654. The molecule has 0 fully saturated rings. The van der Waals surface area contributed by atoms with Crippen LogP contribution in [0.25, 0.3) is 0 Å². The zero-order valence-corrected chi connectivity index (χ0v) is 4.66. The van der Waals surface area contributed by atoms with Gasteiger partial charge in [-0.1, -0.05) is 6.08 Å². The summed E-state index contributed by atoms with van der Waals surface area (Å²) >= 11 is 1.67. The zero-order valence-electron chi connectivity index (χ0n) is 3.85. The first-order valence-electron chi connectivity index (χ1n) is 1.79. The van der Waals surface area contributed by atoms with E-state index < -0.39 is 0 Å². The maximum absolute atomic E-state index is 5.11. The van der Waals surface area contributed by atoms with Crippen LogP contribution < -0.4 is 5.73 Å². The smallest absolute Gasteiger partial charge is 0.0114 e. The molecule has 0 atom stereocenters. The third-order valence-electron chi connectivity index (χ3n) is 0.368. The SMILES string of the molecule is CS/C=C/CN. The van der Waals surface area contributed by atoms with Gasteiger partial charge in [0, 0.05) is 6.54 Å². The van der Waals surface area contributed by atoms with Crippen LogP contribution in [0.5, 0.6) is 0 Å². The van der Waals surface area contributed by atoms with Crippen LogP contribution >= 0.6 is 11.8 Å². The summed E-state index contributed by atoms with van der Waals surface area (Å²) in [5.74, 6) is 0. The summed E-state index contributed by atoms with van der Waals surface area (Å²) in [6.07, 6.45) is 3.93. The number of hydrogen-bond acceptors (Lipinski definition) is 2. The van der Waals surface area contributed by atoms with E-state index in [0.29, 0.717) is 6.54 Å². The molecule has 0 amide bonds. The maximum Gasteiger partial charge on any atom is 0.0114 e. The Hall–Kier alpha value is 0.0500. The van der Waals surface area contributed by atoms with Crippen molar-refractivity contribution in [1.82, 2.24) is 0 Å². The van der Waals surface area contributed by atoms with Crippen LogP contribution in [0.4, 0.5) is 0 Å². The second kappa shape index (κ2) is 5.05. The highest BCUT2D eigenvalue weighted by molar-refractivity contribution is 8.01. The van der Waals surface area contributed by atoms with Crippen molar-refractivity contribution in [2.75, 3.05) is 12.8 Å². The number of rotatable bonds is 2. The van der Waals surface area contributed by atoms with Crippen LogP contribution in [0, 0.1) is 0 Å². The second-order valence-corrected chi connectivity index (χ2v) is 1.59. The fourth-order valence-electron chi connectivity index (χ4n) is 0.152. The topological polar surface area (TPSA) is 26.0 Å². The van der Waals surface area contributed by atoms with Crippen molar-refractivity contribution in [1.29, 1.82) is 0 Å². The Morgan fingerprint density at radius 1 is 1.83 bits per heavy atom. The van der Waals surface area contributed by atoms with Gasteiger partial charge in [0.05, 0.1) is 0 Å². The van der Waals surface area contributed by atoms with Gasteiger partial charge in [0.15, 0.2) is 0 Å². The second-order valence-electron chi connectivity index (χ2n) is 0.843. The Morgan fingerprint density at radius 3 is 2.67 bits per heavy atom. The molecule has 2 N–H and O–H groups in total. The van der Waals surface area contributed by atoms with Gasteiger partial charge in [0.1, 0.15) is 0 Å². The van der Waals surface area contributed by atoms with Crippen molar-refractivity contribution >= 4 is 11.8 Å². The van der Waals surface area contributed by atoms with Crippen molar-refractivity contribution in [2.24, 2.45) is 5.73 Å². The molecule has 6 heavy (non-hydrogen) atoms. The van der Waals surface area contributed by atoms with Crippen molar-refractivity contribution in [3.8, 4) is 0 Å². The quantitative estimate of drug-likeness (QED) is 0.560. The summed E-state index contributed by atoms with van der Waals surface area (Å²) in [4.78, 5) is 0. The highest BCUT2D eigenvalue weighted by Gasteiger charge is 1.59. The lowest BCUT2D eigenvalue weighted by molar-refractivity contribution is 1.26. The van der Waals surface area contributed by atoms with Gasteiger partial charge in [0.25, 0.3) is 0 Å². The summed E-state index contributed by atoms with van der Waals surface area (Å²) in [6, 6.07) is 0. The Kier molecular flexibility index (Phi) is 5.09. The standard InChI is InChI=1S/C4H9NS/c1-6-4-2-3-5/h2,4H,3,5H2,1H3/b4-2+. The van der Waals surface area contributed by atoms with Crippen molar-refractivity contribution in [3.63, 3.8) is 0 Å². The van der Waals surface area contributed by atoms with E-state index in [2.05, 4.69) is 0 Å². The van der Waals surface area contributed by atoms with Crippen LogP contribution in [-0.4, -0.2) is 12.8 Å². The molecule has 0 radical (unpaired) electrons. The first kappa shape index (κ1) is 6.05. The Morgan fingerprint density at radius 2 is 2.50 bits per heavy atom. The zero-order chi connectivity index (χ0) is 4.83. The van der Waals surface area contributed by atoms with Crippen LogP contribution in [0.2, 0.25) is 0 Å².